The van der Waals surface area contributed by atoms with E-state index in [0.29, 0.717) is 11.3 Å². The first kappa shape index (κ1) is 13.9. The summed E-state index contributed by atoms with van der Waals surface area (Å²) in [4.78, 5) is 13.8. The van der Waals surface area contributed by atoms with E-state index < -0.39 is 0 Å². The van der Waals surface area contributed by atoms with Crippen molar-refractivity contribution in [2.75, 3.05) is 19.0 Å². The minimum absolute atomic E-state index is 0.280. The number of hydrogen-bond acceptors (Lipinski definition) is 4. The van der Waals surface area contributed by atoms with Crippen LogP contribution < -0.4 is 10.3 Å². The molecule has 5 nitrogen and oxygen atoms in total. The fourth-order valence-corrected chi connectivity index (χ4v) is 1.70. The second kappa shape index (κ2) is 6.06. The van der Waals surface area contributed by atoms with E-state index in [1.54, 1.807) is 19.2 Å². The third-order valence-corrected chi connectivity index (χ3v) is 2.89. The summed E-state index contributed by atoms with van der Waals surface area (Å²) in [6.07, 6.45) is 3.08. The largest absolute Gasteiger partial charge is 0.469 e. The van der Waals surface area contributed by atoms with Gasteiger partial charge in [-0.3, -0.25) is 4.79 Å². The normalized spacial score (nSPS) is 10.8. The van der Waals surface area contributed by atoms with Crippen LogP contribution in [0.3, 0.4) is 0 Å². The zero-order valence-corrected chi connectivity index (χ0v) is 11.8. The quantitative estimate of drug-likeness (QED) is 0.686. The fourth-order valence-electron chi connectivity index (χ4n) is 1.70. The average Bonchev–Trinajstić information content (AvgIpc) is 2.85. The van der Waals surface area contributed by atoms with E-state index in [-0.39, 0.29) is 5.91 Å². The summed E-state index contributed by atoms with van der Waals surface area (Å²) in [5.74, 6) is 0.297. The van der Waals surface area contributed by atoms with E-state index in [0.717, 1.165) is 11.3 Å². The van der Waals surface area contributed by atoms with Crippen LogP contribution in [0.15, 0.2) is 46.1 Å². The van der Waals surface area contributed by atoms with Crippen LogP contribution in [0.5, 0.6) is 0 Å². The predicted molar refractivity (Wildman–Crippen MR) is 79.3 cm³/mol. The number of amides is 1. The molecule has 2 aromatic rings. The summed E-state index contributed by atoms with van der Waals surface area (Å²) in [5, 5.41) is 3.93. The monoisotopic (exact) mass is 271 g/mol. The summed E-state index contributed by atoms with van der Waals surface area (Å²) in [6, 6.07) is 9.47. The van der Waals surface area contributed by atoms with Gasteiger partial charge in [0.25, 0.3) is 5.91 Å². The number of hydrazone groups is 1. The van der Waals surface area contributed by atoms with Crippen LogP contribution in [0, 0.1) is 6.92 Å². The summed E-state index contributed by atoms with van der Waals surface area (Å²) in [6.45, 7) is 1.73. The van der Waals surface area contributed by atoms with Crippen molar-refractivity contribution in [3.8, 4) is 0 Å². The Morgan fingerprint density at radius 1 is 1.25 bits per heavy atom. The van der Waals surface area contributed by atoms with E-state index in [1.807, 2.05) is 43.3 Å². The number of nitrogens with zero attached hydrogens (tertiary/aromatic N) is 2. The smallest absolute Gasteiger partial charge is 0.274 e. The molecule has 0 unspecified atom stereocenters. The second-order valence-corrected chi connectivity index (χ2v) is 4.58. The lowest BCUT2D eigenvalue weighted by Gasteiger charge is -2.11. The highest BCUT2D eigenvalue weighted by atomic mass is 16.3. The van der Waals surface area contributed by atoms with Gasteiger partial charge in [0.1, 0.15) is 5.76 Å². The van der Waals surface area contributed by atoms with Gasteiger partial charge in [0.05, 0.1) is 18.0 Å². The van der Waals surface area contributed by atoms with Gasteiger partial charge in [0.15, 0.2) is 0 Å². The lowest BCUT2D eigenvalue weighted by atomic mass is 10.2. The highest BCUT2D eigenvalue weighted by molar-refractivity contribution is 5.95. The molecule has 0 bridgehead atoms. The van der Waals surface area contributed by atoms with E-state index in [1.165, 1.54) is 6.26 Å². The van der Waals surface area contributed by atoms with E-state index in [9.17, 15) is 4.79 Å². The van der Waals surface area contributed by atoms with Crippen LogP contribution in [-0.2, 0) is 0 Å². The first-order valence-electron chi connectivity index (χ1n) is 6.23. The Balaban J connectivity index is 1.96. The van der Waals surface area contributed by atoms with Crippen molar-refractivity contribution in [1.82, 2.24) is 5.43 Å². The molecule has 0 saturated heterocycles. The van der Waals surface area contributed by atoms with Gasteiger partial charge in [-0.1, -0.05) is 12.1 Å². The Hall–Kier alpha value is -2.56. The third kappa shape index (κ3) is 3.26. The number of rotatable bonds is 4. The molecule has 1 amide bonds. The zero-order chi connectivity index (χ0) is 14.5. The predicted octanol–water partition coefficient (Wildman–Crippen LogP) is 2.42. The van der Waals surface area contributed by atoms with Crippen molar-refractivity contribution < 1.29 is 9.21 Å². The van der Waals surface area contributed by atoms with Crippen LogP contribution in [0.2, 0.25) is 0 Å². The van der Waals surface area contributed by atoms with Crippen LogP contribution >= 0.6 is 0 Å². The van der Waals surface area contributed by atoms with Gasteiger partial charge in [-0.25, -0.2) is 5.43 Å². The average molecular weight is 271 g/mol. The molecular formula is C15H17N3O2. The van der Waals surface area contributed by atoms with E-state index in [4.69, 9.17) is 4.42 Å². The molecular weight excluding hydrogens is 254 g/mol. The van der Waals surface area contributed by atoms with Crippen LogP contribution in [0.25, 0.3) is 0 Å². The van der Waals surface area contributed by atoms with Gasteiger partial charge in [0, 0.05) is 19.8 Å². The Morgan fingerprint density at radius 3 is 2.50 bits per heavy atom. The Kier molecular flexibility index (Phi) is 4.20. The first-order valence-corrected chi connectivity index (χ1v) is 6.23. The first-order chi connectivity index (χ1) is 9.58. The van der Waals surface area contributed by atoms with Crippen molar-refractivity contribution in [2.45, 2.75) is 6.92 Å². The Bertz CT molecular complexity index is 612. The van der Waals surface area contributed by atoms with E-state index >= 15 is 0 Å². The minimum Gasteiger partial charge on any atom is -0.469 e. The number of carbonyl (C=O) groups excluding carboxylic acids is 1. The van der Waals surface area contributed by atoms with Gasteiger partial charge in [-0.2, -0.15) is 5.10 Å². The number of aryl methyl sites for hydroxylation is 1. The number of carbonyl (C=O) groups is 1. The van der Waals surface area contributed by atoms with Crippen molar-refractivity contribution in [2.24, 2.45) is 5.10 Å². The third-order valence-electron chi connectivity index (χ3n) is 2.89. The molecule has 0 fully saturated rings. The summed E-state index contributed by atoms with van der Waals surface area (Å²) in [5.41, 5.74) is 4.99. The lowest BCUT2D eigenvalue weighted by Crippen LogP contribution is -2.17. The van der Waals surface area contributed by atoms with Gasteiger partial charge in [0.2, 0.25) is 0 Å². The minimum atomic E-state index is -0.280. The van der Waals surface area contributed by atoms with Crippen LogP contribution in [0.1, 0.15) is 21.7 Å². The number of benzene rings is 1. The van der Waals surface area contributed by atoms with E-state index in [2.05, 4.69) is 10.5 Å². The highest BCUT2D eigenvalue weighted by Gasteiger charge is 2.09. The molecule has 0 atom stereocenters. The molecule has 2 rings (SSSR count). The highest BCUT2D eigenvalue weighted by Crippen LogP contribution is 2.11. The number of nitrogens with one attached hydrogen (secondary N) is 1. The SMILES string of the molecule is Cc1occc1C(=O)N/N=C/c1ccc(N(C)C)cc1. The van der Waals surface area contributed by atoms with Crippen LogP contribution in [-0.4, -0.2) is 26.2 Å². The van der Waals surface area contributed by atoms with Crippen molar-refractivity contribution in [3.05, 3.63) is 53.5 Å². The molecule has 1 heterocycles. The number of furan rings is 1. The van der Waals surface area contributed by atoms with Crippen LogP contribution in [0.4, 0.5) is 5.69 Å². The van der Waals surface area contributed by atoms with Gasteiger partial charge >= 0.3 is 0 Å². The maximum atomic E-state index is 11.8. The maximum Gasteiger partial charge on any atom is 0.274 e. The molecule has 20 heavy (non-hydrogen) atoms. The summed E-state index contributed by atoms with van der Waals surface area (Å²) < 4.78 is 5.07. The zero-order valence-electron chi connectivity index (χ0n) is 11.8. The fraction of sp³-hybridized carbons (Fsp3) is 0.200. The standard InChI is InChI=1S/C15H17N3O2/c1-11-14(8-9-20-11)15(19)17-16-10-12-4-6-13(7-5-12)18(2)3/h4-10H,1-3H3,(H,17,19)/b16-10+. The van der Waals surface area contributed by atoms with Crippen molar-refractivity contribution >= 4 is 17.8 Å². The lowest BCUT2D eigenvalue weighted by molar-refractivity contribution is 0.0953. The number of hydrogen-bond donors (Lipinski definition) is 1. The summed E-state index contributed by atoms with van der Waals surface area (Å²) in [7, 11) is 3.97. The van der Waals surface area contributed by atoms with Crippen molar-refractivity contribution in [1.29, 1.82) is 0 Å². The molecule has 0 aliphatic heterocycles. The molecule has 1 aromatic carbocycles. The molecule has 1 aromatic heterocycles. The molecule has 1 N–H and O–H groups in total. The molecule has 0 saturated carbocycles. The second-order valence-electron chi connectivity index (χ2n) is 4.58. The van der Waals surface area contributed by atoms with Crippen molar-refractivity contribution in [3.63, 3.8) is 0 Å². The molecule has 0 radical (unpaired) electrons. The molecule has 0 aliphatic carbocycles. The molecule has 5 heteroatoms. The number of anilines is 1. The topological polar surface area (TPSA) is 57.8 Å². The summed E-state index contributed by atoms with van der Waals surface area (Å²) >= 11 is 0. The van der Waals surface area contributed by atoms with Gasteiger partial charge in [-0.05, 0) is 30.7 Å². The van der Waals surface area contributed by atoms with Gasteiger partial charge in [-0.15, -0.1) is 0 Å². The molecule has 104 valence electrons. The Labute approximate surface area is 117 Å². The molecule has 0 spiro atoms. The van der Waals surface area contributed by atoms with Gasteiger partial charge < -0.3 is 9.32 Å². The molecule has 0 aliphatic rings. The Morgan fingerprint density at radius 2 is 1.95 bits per heavy atom. The maximum absolute atomic E-state index is 11.8.